The smallest absolute Gasteiger partial charge is 0.319 e. The molecule has 0 saturated carbocycles. The van der Waals surface area contributed by atoms with Gasteiger partial charge < -0.3 is 15.5 Å². The van der Waals surface area contributed by atoms with E-state index in [1.54, 1.807) is 23.9 Å². The number of nitrogens with two attached hydrogens (primary N) is 1. The van der Waals surface area contributed by atoms with E-state index in [1.165, 1.54) is 0 Å². The van der Waals surface area contributed by atoms with E-state index in [-0.39, 0.29) is 6.03 Å². The molecular weight excluding hydrogens is 202 g/mol. The van der Waals surface area contributed by atoms with Gasteiger partial charge in [0.2, 0.25) is 0 Å². The van der Waals surface area contributed by atoms with Crippen LogP contribution in [0.25, 0.3) is 0 Å². The second-order valence-electron chi connectivity index (χ2n) is 3.93. The first kappa shape index (κ1) is 12.4. The van der Waals surface area contributed by atoms with Crippen molar-refractivity contribution >= 4 is 11.7 Å². The number of amides is 2. The Bertz CT molecular complexity index is 346. The van der Waals surface area contributed by atoms with Crippen LogP contribution in [0.2, 0.25) is 0 Å². The number of hydrogen-bond donors (Lipinski definition) is 1. The quantitative estimate of drug-likeness (QED) is 0.791. The SMILES string of the molecule is CCN(Cc1ccc(N)cc1)C(=O)N(C)C. The molecule has 88 valence electrons. The predicted octanol–water partition coefficient (Wildman–Crippen LogP) is 1.77. The van der Waals surface area contributed by atoms with Crippen LogP contribution < -0.4 is 5.73 Å². The molecule has 0 aromatic heterocycles. The van der Waals surface area contributed by atoms with Crippen LogP contribution in [0, 0.1) is 0 Å². The summed E-state index contributed by atoms with van der Waals surface area (Å²) in [6.07, 6.45) is 0. The molecule has 2 N–H and O–H groups in total. The Hall–Kier alpha value is -1.71. The van der Waals surface area contributed by atoms with Crippen LogP contribution in [0.3, 0.4) is 0 Å². The molecule has 0 heterocycles. The molecule has 0 aliphatic heterocycles. The number of benzene rings is 1. The Balaban J connectivity index is 2.70. The van der Waals surface area contributed by atoms with Gasteiger partial charge in [-0.25, -0.2) is 4.79 Å². The van der Waals surface area contributed by atoms with Gasteiger partial charge in [-0.15, -0.1) is 0 Å². The van der Waals surface area contributed by atoms with E-state index >= 15 is 0 Å². The van der Waals surface area contributed by atoms with Crippen molar-refractivity contribution in [2.75, 3.05) is 26.4 Å². The fourth-order valence-corrected chi connectivity index (χ4v) is 1.44. The monoisotopic (exact) mass is 221 g/mol. The van der Waals surface area contributed by atoms with Gasteiger partial charge in [0.15, 0.2) is 0 Å². The van der Waals surface area contributed by atoms with Gasteiger partial charge in [-0.1, -0.05) is 12.1 Å². The van der Waals surface area contributed by atoms with Crippen molar-refractivity contribution in [1.29, 1.82) is 0 Å². The lowest BCUT2D eigenvalue weighted by Gasteiger charge is -2.24. The first-order valence-electron chi connectivity index (χ1n) is 5.35. The molecule has 0 spiro atoms. The van der Waals surface area contributed by atoms with E-state index in [0.29, 0.717) is 13.1 Å². The molecule has 1 aromatic carbocycles. The molecule has 4 heteroatoms. The molecule has 0 bridgehead atoms. The van der Waals surface area contributed by atoms with Gasteiger partial charge in [0, 0.05) is 32.9 Å². The van der Waals surface area contributed by atoms with Gasteiger partial charge in [-0.05, 0) is 24.6 Å². The van der Waals surface area contributed by atoms with Crippen molar-refractivity contribution in [2.45, 2.75) is 13.5 Å². The highest BCUT2D eigenvalue weighted by atomic mass is 16.2. The summed E-state index contributed by atoms with van der Waals surface area (Å²) in [5.74, 6) is 0. The molecule has 4 nitrogen and oxygen atoms in total. The molecule has 0 radical (unpaired) electrons. The number of nitrogens with zero attached hydrogens (tertiary/aromatic N) is 2. The van der Waals surface area contributed by atoms with Gasteiger partial charge in [0.25, 0.3) is 0 Å². The Morgan fingerprint density at radius 3 is 2.25 bits per heavy atom. The van der Waals surface area contributed by atoms with Crippen LogP contribution in [0.1, 0.15) is 12.5 Å². The third-order valence-corrected chi connectivity index (χ3v) is 2.39. The van der Waals surface area contributed by atoms with Gasteiger partial charge in [-0.3, -0.25) is 0 Å². The van der Waals surface area contributed by atoms with Crippen LogP contribution in [-0.4, -0.2) is 36.5 Å². The summed E-state index contributed by atoms with van der Waals surface area (Å²) in [5.41, 5.74) is 7.44. The molecule has 0 unspecified atom stereocenters. The summed E-state index contributed by atoms with van der Waals surface area (Å²) in [6, 6.07) is 7.62. The van der Waals surface area contributed by atoms with E-state index in [9.17, 15) is 4.79 Å². The average molecular weight is 221 g/mol. The summed E-state index contributed by atoms with van der Waals surface area (Å²) in [7, 11) is 3.52. The van der Waals surface area contributed by atoms with Crippen molar-refractivity contribution in [1.82, 2.24) is 9.80 Å². The topological polar surface area (TPSA) is 49.6 Å². The van der Waals surface area contributed by atoms with Gasteiger partial charge in [0.05, 0.1) is 0 Å². The maximum Gasteiger partial charge on any atom is 0.319 e. The highest BCUT2D eigenvalue weighted by molar-refractivity contribution is 5.73. The van der Waals surface area contributed by atoms with Gasteiger partial charge >= 0.3 is 6.03 Å². The summed E-state index contributed by atoms with van der Waals surface area (Å²) in [6.45, 7) is 3.29. The number of hydrogen-bond acceptors (Lipinski definition) is 2. The minimum atomic E-state index is 0.0272. The minimum absolute atomic E-state index is 0.0272. The average Bonchev–Trinajstić information content (AvgIpc) is 2.27. The molecular formula is C12H19N3O. The van der Waals surface area contributed by atoms with Crippen LogP contribution in [0.15, 0.2) is 24.3 Å². The summed E-state index contributed by atoms with van der Waals surface area (Å²) in [4.78, 5) is 15.1. The number of anilines is 1. The first-order valence-corrected chi connectivity index (χ1v) is 5.35. The molecule has 0 aliphatic rings. The Labute approximate surface area is 96.6 Å². The van der Waals surface area contributed by atoms with E-state index in [4.69, 9.17) is 5.73 Å². The largest absolute Gasteiger partial charge is 0.399 e. The molecule has 2 amide bonds. The molecule has 1 rings (SSSR count). The van der Waals surface area contributed by atoms with Crippen molar-refractivity contribution in [3.63, 3.8) is 0 Å². The summed E-state index contributed by atoms with van der Waals surface area (Å²) >= 11 is 0. The maximum absolute atomic E-state index is 11.8. The number of carbonyl (C=O) groups excluding carboxylic acids is 1. The molecule has 1 aromatic rings. The molecule has 0 aliphatic carbocycles. The van der Waals surface area contributed by atoms with Crippen LogP contribution in [0.4, 0.5) is 10.5 Å². The first-order chi connectivity index (χ1) is 7.54. The Kier molecular flexibility index (Phi) is 4.17. The maximum atomic E-state index is 11.8. The highest BCUT2D eigenvalue weighted by Gasteiger charge is 2.13. The van der Waals surface area contributed by atoms with Crippen molar-refractivity contribution < 1.29 is 4.79 Å². The number of carbonyl (C=O) groups is 1. The van der Waals surface area contributed by atoms with E-state index in [1.807, 2.05) is 31.2 Å². The van der Waals surface area contributed by atoms with Crippen molar-refractivity contribution in [3.05, 3.63) is 29.8 Å². The zero-order valence-electron chi connectivity index (χ0n) is 10.1. The highest BCUT2D eigenvalue weighted by Crippen LogP contribution is 2.09. The Morgan fingerprint density at radius 1 is 1.25 bits per heavy atom. The van der Waals surface area contributed by atoms with Crippen LogP contribution in [-0.2, 0) is 6.54 Å². The predicted molar refractivity (Wildman–Crippen MR) is 66.0 cm³/mol. The fraction of sp³-hybridized carbons (Fsp3) is 0.417. The van der Waals surface area contributed by atoms with Crippen molar-refractivity contribution in [3.8, 4) is 0 Å². The zero-order chi connectivity index (χ0) is 12.1. The number of nitrogen functional groups attached to an aromatic ring is 1. The lowest BCUT2D eigenvalue weighted by molar-refractivity contribution is 0.171. The second kappa shape index (κ2) is 5.39. The number of urea groups is 1. The summed E-state index contributed by atoms with van der Waals surface area (Å²) in [5, 5.41) is 0. The standard InChI is InChI=1S/C12H19N3O/c1-4-15(12(16)14(2)3)9-10-5-7-11(13)8-6-10/h5-8H,4,9,13H2,1-3H3. The van der Waals surface area contributed by atoms with Gasteiger partial charge in [-0.2, -0.15) is 0 Å². The normalized spacial score (nSPS) is 9.94. The molecule has 0 fully saturated rings. The van der Waals surface area contributed by atoms with Crippen molar-refractivity contribution in [2.24, 2.45) is 0 Å². The molecule has 0 atom stereocenters. The number of rotatable bonds is 3. The minimum Gasteiger partial charge on any atom is -0.399 e. The lowest BCUT2D eigenvalue weighted by atomic mass is 10.2. The third-order valence-electron chi connectivity index (χ3n) is 2.39. The van der Waals surface area contributed by atoms with E-state index in [2.05, 4.69) is 0 Å². The Morgan fingerprint density at radius 2 is 1.81 bits per heavy atom. The summed E-state index contributed by atoms with van der Waals surface area (Å²) < 4.78 is 0. The van der Waals surface area contributed by atoms with Crippen LogP contribution >= 0.6 is 0 Å². The lowest BCUT2D eigenvalue weighted by Crippen LogP contribution is -2.38. The third kappa shape index (κ3) is 3.15. The molecule has 0 saturated heterocycles. The van der Waals surface area contributed by atoms with E-state index in [0.717, 1.165) is 11.3 Å². The van der Waals surface area contributed by atoms with Gasteiger partial charge in [0.1, 0.15) is 0 Å². The zero-order valence-corrected chi connectivity index (χ0v) is 10.1. The fourth-order valence-electron chi connectivity index (χ4n) is 1.44. The second-order valence-corrected chi connectivity index (χ2v) is 3.93. The molecule has 16 heavy (non-hydrogen) atoms. The van der Waals surface area contributed by atoms with E-state index < -0.39 is 0 Å². The van der Waals surface area contributed by atoms with Crippen LogP contribution in [0.5, 0.6) is 0 Å².